The van der Waals surface area contributed by atoms with Gasteiger partial charge in [0.25, 0.3) is 0 Å². The summed E-state index contributed by atoms with van der Waals surface area (Å²) >= 11 is 0. The summed E-state index contributed by atoms with van der Waals surface area (Å²) < 4.78 is 5.40. The van der Waals surface area contributed by atoms with Crippen molar-refractivity contribution in [3.8, 4) is 0 Å². The summed E-state index contributed by atoms with van der Waals surface area (Å²) in [4.78, 5) is 11.6. The Morgan fingerprint density at radius 2 is 2.04 bits per heavy atom. The van der Waals surface area contributed by atoms with Crippen LogP contribution in [0.4, 0.5) is 0 Å². The Bertz CT molecular complexity index is 552. The van der Waals surface area contributed by atoms with E-state index in [1.165, 1.54) is 5.57 Å². The molecular weight excluding hydrogens is 304 g/mol. The average molecular weight is 334 g/mol. The number of carbonyl (C=O) groups is 1. The molecular formula is C20H30O4. The first-order valence-corrected chi connectivity index (χ1v) is 8.50. The second-order valence-corrected chi connectivity index (χ2v) is 6.44. The third-order valence-electron chi connectivity index (χ3n) is 4.35. The predicted octanol–water partition coefficient (Wildman–Crippen LogP) is 3.61. The highest BCUT2D eigenvalue weighted by molar-refractivity contribution is 5.88. The molecule has 4 heteroatoms. The van der Waals surface area contributed by atoms with Crippen molar-refractivity contribution in [1.29, 1.82) is 0 Å². The van der Waals surface area contributed by atoms with Crippen LogP contribution in [0, 0.1) is 0 Å². The molecule has 1 aliphatic rings. The van der Waals surface area contributed by atoms with Gasteiger partial charge in [0, 0.05) is 12.0 Å². The van der Waals surface area contributed by atoms with Crippen LogP contribution in [-0.2, 0) is 9.53 Å². The van der Waals surface area contributed by atoms with Crippen LogP contribution >= 0.6 is 0 Å². The molecule has 1 aliphatic heterocycles. The highest BCUT2D eigenvalue weighted by Gasteiger charge is 2.21. The maximum absolute atomic E-state index is 11.6. The molecule has 1 rings (SSSR count). The molecule has 0 aromatic rings. The van der Waals surface area contributed by atoms with E-state index in [-0.39, 0.29) is 18.7 Å². The molecule has 0 unspecified atom stereocenters. The lowest BCUT2D eigenvalue weighted by atomic mass is 10.0. The molecule has 0 bridgehead atoms. The zero-order valence-corrected chi connectivity index (χ0v) is 15.2. The highest BCUT2D eigenvalue weighted by atomic mass is 16.5. The lowest BCUT2D eigenvalue weighted by Gasteiger charge is -2.21. The Morgan fingerprint density at radius 1 is 1.33 bits per heavy atom. The van der Waals surface area contributed by atoms with Crippen molar-refractivity contribution < 1.29 is 19.7 Å². The van der Waals surface area contributed by atoms with E-state index in [1.807, 2.05) is 32.9 Å². The second kappa shape index (κ2) is 10.3. The highest BCUT2D eigenvalue weighted by Crippen LogP contribution is 2.20. The summed E-state index contributed by atoms with van der Waals surface area (Å²) in [7, 11) is 0. The molecule has 4 nitrogen and oxygen atoms in total. The third-order valence-corrected chi connectivity index (χ3v) is 4.35. The van der Waals surface area contributed by atoms with Gasteiger partial charge in [0.15, 0.2) is 0 Å². The van der Waals surface area contributed by atoms with Crippen LogP contribution in [0.15, 0.2) is 46.6 Å². The number of hydrogen-bond donors (Lipinski definition) is 2. The predicted molar refractivity (Wildman–Crippen MR) is 96.5 cm³/mol. The van der Waals surface area contributed by atoms with E-state index in [0.29, 0.717) is 12.0 Å². The van der Waals surface area contributed by atoms with E-state index >= 15 is 0 Å². The number of cyclic esters (lactones) is 1. The van der Waals surface area contributed by atoms with Gasteiger partial charge in [-0.25, -0.2) is 4.79 Å². The molecule has 0 fully saturated rings. The van der Waals surface area contributed by atoms with Crippen molar-refractivity contribution in [2.45, 2.75) is 65.6 Å². The summed E-state index contributed by atoms with van der Waals surface area (Å²) in [6.45, 7) is 7.59. The Hall–Kier alpha value is -1.65. The third kappa shape index (κ3) is 6.85. The monoisotopic (exact) mass is 334 g/mol. The molecule has 0 aromatic carbocycles. The Balaban J connectivity index is 2.44. The van der Waals surface area contributed by atoms with E-state index in [1.54, 1.807) is 13.0 Å². The minimum absolute atomic E-state index is 0.0455. The summed E-state index contributed by atoms with van der Waals surface area (Å²) in [6, 6.07) is 0. The van der Waals surface area contributed by atoms with Gasteiger partial charge in [-0.15, -0.1) is 0 Å². The lowest BCUT2D eigenvalue weighted by molar-refractivity contribution is -0.143. The summed E-state index contributed by atoms with van der Waals surface area (Å²) in [5.41, 5.74) is 3.77. The first-order valence-electron chi connectivity index (χ1n) is 8.50. The fourth-order valence-electron chi connectivity index (χ4n) is 2.46. The SMILES string of the molecule is CC1=CC[C@H](/C(C)=C/CC/C(C)=C/C[C@@H](O)/C(C)=C/CO)OC1=O. The van der Waals surface area contributed by atoms with Crippen LogP contribution in [0.2, 0.25) is 0 Å². The summed E-state index contributed by atoms with van der Waals surface area (Å²) in [5, 5.41) is 18.8. The van der Waals surface area contributed by atoms with Gasteiger partial charge in [-0.3, -0.25) is 0 Å². The van der Waals surface area contributed by atoms with Crippen molar-refractivity contribution >= 4 is 5.97 Å². The van der Waals surface area contributed by atoms with Crippen LogP contribution in [0.1, 0.15) is 53.4 Å². The lowest BCUT2D eigenvalue weighted by Crippen LogP contribution is -2.23. The van der Waals surface area contributed by atoms with Gasteiger partial charge in [0.2, 0.25) is 0 Å². The van der Waals surface area contributed by atoms with E-state index in [2.05, 4.69) is 6.08 Å². The van der Waals surface area contributed by atoms with E-state index < -0.39 is 6.10 Å². The maximum Gasteiger partial charge on any atom is 0.333 e. The van der Waals surface area contributed by atoms with Crippen molar-refractivity contribution in [3.63, 3.8) is 0 Å². The largest absolute Gasteiger partial charge is 0.454 e. The van der Waals surface area contributed by atoms with Gasteiger partial charge in [0.1, 0.15) is 6.10 Å². The molecule has 0 saturated heterocycles. The standard InChI is InChI=1S/C20H30O4/c1-14(8-10-18(22)15(2)12-13-21)6-5-7-16(3)19-11-9-17(4)20(23)24-19/h7-9,12,18-19,21-22H,5-6,10-11,13H2,1-4H3/b14-8+,15-12+,16-7+/t18-,19-/m1/s1. The molecule has 2 N–H and O–H groups in total. The fraction of sp³-hybridized carbons (Fsp3) is 0.550. The van der Waals surface area contributed by atoms with Gasteiger partial charge in [-0.05, 0) is 58.1 Å². The molecule has 2 atom stereocenters. The van der Waals surface area contributed by atoms with Gasteiger partial charge in [-0.1, -0.05) is 29.9 Å². The van der Waals surface area contributed by atoms with Crippen molar-refractivity contribution in [1.82, 2.24) is 0 Å². The Labute approximate surface area is 145 Å². The molecule has 0 saturated carbocycles. The van der Waals surface area contributed by atoms with E-state index in [4.69, 9.17) is 9.84 Å². The number of carbonyl (C=O) groups excluding carboxylic acids is 1. The second-order valence-electron chi connectivity index (χ2n) is 6.44. The molecule has 0 aliphatic carbocycles. The minimum atomic E-state index is -0.541. The number of allylic oxidation sites excluding steroid dienone is 2. The van der Waals surface area contributed by atoms with Crippen LogP contribution in [-0.4, -0.2) is 35.0 Å². The van der Waals surface area contributed by atoms with E-state index in [9.17, 15) is 9.90 Å². The molecule has 0 amide bonds. The van der Waals surface area contributed by atoms with Crippen LogP contribution in [0.5, 0.6) is 0 Å². The minimum Gasteiger partial charge on any atom is -0.454 e. The number of ether oxygens (including phenoxy) is 1. The zero-order chi connectivity index (χ0) is 18.1. The first kappa shape index (κ1) is 20.4. The summed E-state index contributed by atoms with van der Waals surface area (Å²) in [5.74, 6) is -0.227. The molecule has 0 aromatic heterocycles. The normalized spacial score (nSPS) is 21.4. The topological polar surface area (TPSA) is 66.8 Å². The molecule has 0 radical (unpaired) electrons. The molecule has 0 spiro atoms. The van der Waals surface area contributed by atoms with Gasteiger partial charge >= 0.3 is 5.97 Å². The zero-order valence-electron chi connectivity index (χ0n) is 15.2. The van der Waals surface area contributed by atoms with Crippen LogP contribution in [0.25, 0.3) is 0 Å². The summed E-state index contributed by atoms with van der Waals surface area (Å²) in [6.07, 6.45) is 10.1. The average Bonchev–Trinajstić information content (AvgIpc) is 2.55. The number of aliphatic hydroxyl groups excluding tert-OH is 2. The first-order chi connectivity index (χ1) is 11.3. The van der Waals surface area contributed by atoms with Gasteiger partial charge in [-0.2, -0.15) is 0 Å². The molecule has 1 heterocycles. The smallest absolute Gasteiger partial charge is 0.333 e. The van der Waals surface area contributed by atoms with E-state index in [0.717, 1.165) is 30.4 Å². The van der Waals surface area contributed by atoms with Crippen LogP contribution < -0.4 is 0 Å². The fourth-order valence-corrected chi connectivity index (χ4v) is 2.46. The van der Waals surface area contributed by atoms with Crippen molar-refractivity contribution in [3.05, 3.63) is 46.6 Å². The number of esters is 1. The molecule has 24 heavy (non-hydrogen) atoms. The van der Waals surface area contributed by atoms with Crippen molar-refractivity contribution in [2.75, 3.05) is 6.61 Å². The van der Waals surface area contributed by atoms with Crippen LogP contribution in [0.3, 0.4) is 0 Å². The number of aliphatic hydroxyl groups is 2. The van der Waals surface area contributed by atoms with Gasteiger partial charge in [0.05, 0.1) is 12.7 Å². The molecule has 134 valence electrons. The van der Waals surface area contributed by atoms with Crippen molar-refractivity contribution in [2.24, 2.45) is 0 Å². The Morgan fingerprint density at radius 3 is 2.67 bits per heavy atom. The maximum atomic E-state index is 11.6. The van der Waals surface area contributed by atoms with Gasteiger partial charge < -0.3 is 14.9 Å². The number of rotatable bonds is 8. The quantitative estimate of drug-likeness (QED) is 0.526. The number of hydrogen-bond acceptors (Lipinski definition) is 4. The Kier molecular flexibility index (Phi) is 8.72.